The van der Waals surface area contributed by atoms with Gasteiger partial charge in [0.25, 0.3) is 0 Å². The van der Waals surface area contributed by atoms with Gasteiger partial charge in [0.05, 0.1) is 12.7 Å². The van der Waals surface area contributed by atoms with Crippen LogP contribution in [0.2, 0.25) is 0 Å². The van der Waals surface area contributed by atoms with Crippen molar-refractivity contribution in [2.75, 3.05) is 26.2 Å². The van der Waals surface area contributed by atoms with Gasteiger partial charge in [0.15, 0.2) is 0 Å². The van der Waals surface area contributed by atoms with Gasteiger partial charge in [0, 0.05) is 31.2 Å². The average Bonchev–Trinajstić information content (AvgIpc) is 2.28. The first kappa shape index (κ1) is 13.3. The molecule has 1 heterocycles. The van der Waals surface area contributed by atoms with Gasteiger partial charge >= 0.3 is 0 Å². The van der Waals surface area contributed by atoms with Crippen molar-refractivity contribution in [3.05, 3.63) is 0 Å². The van der Waals surface area contributed by atoms with Crippen molar-refractivity contribution in [1.29, 1.82) is 0 Å². The summed E-state index contributed by atoms with van der Waals surface area (Å²) in [5.74, 6) is 0. The summed E-state index contributed by atoms with van der Waals surface area (Å²) in [4.78, 5) is 2.64. The first-order chi connectivity index (χ1) is 8.06. The molecule has 2 fully saturated rings. The first-order valence-corrected chi connectivity index (χ1v) is 7.17. The monoisotopic (exact) mass is 240 g/mol. The Morgan fingerprint density at radius 2 is 2.00 bits per heavy atom. The predicted molar refractivity (Wildman–Crippen MR) is 71.3 cm³/mol. The molecule has 1 N–H and O–H groups in total. The van der Waals surface area contributed by atoms with Crippen LogP contribution in [0.3, 0.4) is 0 Å². The zero-order valence-corrected chi connectivity index (χ0v) is 11.7. The highest BCUT2D eigenvalue weighted by Crippen LogP contribution is 2.27. The maximum atomic E-state index is 5.90. The molecule has 3 heteroatoms. The second kappa shape index (κ2) is 5.68. The Labute approximate surface area is 106 Å². The topological polar surface area (TPSA) is 24.5 Å². The molecular weight excluding hydrogens is 212 g/mol. The lowest BCUT2D eigenvalue weighted by atomic mass is 9.90. The maximum absolute atomic E-state index is 5.90. The standard InChI is InChI=1S/C14H28N2O/c1-14(2,3)15-8-9-16-10-11-17-13-7-5-4-6-12(13)16/h12-13,15H,4-11H2,1-3H3. The number of nitrogens with one attached hydrogen (secondary N) is 1. The number of hydrogen-bond donors (Lipinski definition) is 1. The summed E-state index contributed by atoms with van der Waals surface area (Å²) in [6.45, 7) is 11.0. The lowest BCUT2D eigenvalue weighted by molar-refractivity contribution is -0.0876. The molecule has 100 valence electrons. The van der Waals surface area contributed by atoms with E-state index in [-0.39, 0.29) is 5.54 Å². The lowest BCUT2D eigenvalue weighted by Crippen LogP contribution is -2.54. The van der Waals surface area contributed by atoms with Gasteiger partial charge in [-0.2, -0.15) is 0 Å². The van der Waals surface area contributed by atoms with Gasteiger partial charge in [0.2, 0.25) is 0 Å². The Balaban J connectivity index is 1.78. The van der Waals surface area contributed by atoms with E-state index in [1.54, 1.807) is 0 Å². The molecule has 17 heavy (non-hydrogen) atoms. The summed E-state index contributed by atoms with van der Waals surface area (Å²) in [7, 11) is 0. The molecule has 1 aliphatic carbocycles. The number of ether oxygens (including phenoxy) is 1. The highest BCUT2D eigenvalue weighted by Gasteiger charge is 2.33. The van der Waals surface area contributed by atoms with E-state index in [9.17, 15) is 0 Å². The Kier molecular flexibility index (Phi) is 4.45. The van der Waals surface area contributed by atoms with E-state index in [0.717, 1.165) is 19.7 Å². The molecule has 2 aliphatic rings. The zero-order valence-electron chi connectivity index (χ0n) is 11.7. The molecule has 1 aliphatic heterocycles. The lowest BCUT2D eigenvalue weighted by Gasteiger charge is -2.44. The number of fused-ring (bicyclic) bond motifs is 1. The molecule has 0 bridgehead atoms. The highest BCUT2D eigenvalue weighted by atomic mass is 16.5. The van der Waals surface area contributed by atoms with E-state index in [0.29, 0.717) is 12.1 Å². The molecule has 1 saturated carbocycles. The Morgan fingerprint density at radius 3 is 2.76 bits per heavy atom. The molecule has 0 aromatic heterocycles. The fourth-order valence-electron chi connectivity index (χ4n) is 3.03. The molecule has 0 radical (unpaired) electrons. The first-order valence-electron chi connectivity index (χ1n) is 7.17. The Bertz CT molecular complexity index is 235. The SMILES string of the molecule is CC(C)(C)NCCN1CCOC2CCCCC21. The van der Waals surface area contributed by atoms with E-state index >= 15 is 0 Å². The van der Waals surface area contributed by atoms with Gasteiger partial charge in [-0.25, -0.2) is 0 Å². The largest absolute Gasteiger partial charge is 0.375 e. The van der Waals surface area contributed by atoms with Crippen molar-refractivity contribution in [3.8, 4) is 0 Å². The van der Waals surface area contributed by atoms with E-state index in [4.69, 9.17) is 4.74 Å². The van der Waals surface area contributed by atoms with Crippen LogP contribution in [-0.4, -0.2) is 48.8 Å². The van der Waals surface area contributed by atoms with E-state index in [1.807, 2.05) is 0 Å². The van der Waals surface area contributed by atoms with Crippen molar-refractivity contribution in [1.82, 2.24) is 10.2 Å². The molecule has 2 atom stereocenters. The van der Waals surface area contributed by atoms with Gasteiger partial charge in [-0.3, -0.25) is 4.90 Å². The van der Waals surface area contributed by atoms with Crippen LogP contribution in [0.15, 0.2) is 0 Å². The minimum Gasteiger partial charge on any atom is -0.375 e. The average molecular weight is 240 g/mol. The number of nitrogens with zero attached hydrogens (tertiary/aromatic N) is 1. The van der Waals surface area contributed by atoms with Gasteiger partial charge in [0.1, 0.15) is 0 Å². The number of morpholine rings is 1. The van der Waals surface area contributed by atoms with E-state index < -0.39 is 0 Å². The highest BCUT2D eigenvalue weighted by molar-refractivity contribution is 4.87. The molecule has 2 rings (SSSR count). The molecular formula is C14H28N2O. The molecule has 0 amide bonds. The minimum absolute atomic E-state index is 0.234. The summed E-state index contributed by atoms with van der Waals surface area (Å²) in [6, 6.07) is 0.694. The van der Waals surface area contributed by atoms with Gasteiger partial charge in [-0.05, 0) is 33.6 Å². The summed E-state index contributed by atoms with van der Waals surface area (Å²) in [5, 5.41) is 3.58. The summed E-state index contributed by atoms with van der Waals surface area (Å²) in [5.41, 5.74) is 0.234. The van der Waals surface area contributed by atoms with Crippen LogP contribution in [0.1, 0.15) is 46.5 Å². The van der Waals surface area contributed by atoms with Crippen LogP contribution in [-0.2, 0) is 4.74 Å². The van der Waals surface area contributed by atoms with Gasteiger partial charge in [-0.1, -0.05) is 12.8 Å². The number of rotatable bonds is 3. The predicted octanol–water partition coefficient (Wildman–Crippen LogP) is 2.02. The zero-order chi connectivity index (χ0) is 12.3. The fourth-order valence-corrected chi connectivity index (χ4v) is 3.03. The van der Waals surface area contributed by atoms with Crippen molar-refractivity contribution < 1.29 is 4.74 Å². The van der Waals surface area contributed by atoms with E-state index in [2.05, 4.69) is 31.0 Å². The van der Waals surface area contributed by atoms with Crippen molar-refractivity contribution in [2.24, 2.45) is 0 Å². The third-order valence-electron chi connectivity index (χ3n) is 3.90. The molecule has 0 aromatic rings. The normalized spacial score (nSPS) is 31.2. The quantitative estimate of drug-likeness (QED) is 0.817. The second-order valence-electron chi connectivity index (χ2n) is 6.47. The summed E-state index contributed by atoms with van der Waals surface area (Å²) >= 11 is 0. The maximum Gasteiger partial charge on any atom is 0.0730 e. The molecule has 1 saturated heterocycles. The Hall–Kier alpha value is -0.120. The molecule has 3 nitrogen and oxygen atoms in total. The van der Waals surface area contributed by atoms with Crippen LogP contribution in [0.5, 0.6) is 0 Å². The molecule has 0 aromatic carbocycles. The number of hydrogen-bond acceptors (Lipinski definition) is 3. The fraction of sp³-hybridized carbons (Fsp3) is 1.00. The molecule has 0 spiro atoms. The molecule has 2 unspecified atom stereocenters. The van der Waals surface area contributed by atoms with Gasteiger partial charge < -0.3 is 10.1 Å². The van der Waals surface area contributed by atoms with Gasteiger partial charge in [-0.15, -0.1) is 0 Å². The van der Waals surface area contributed by atoms with Crippen LogP contribution in [0, 0.1) is 0 Å². The van der Waals surface area contributed by atoms with Crippen molar-refractivity contribution in [3.63, 3.8) is 0 Å². The van der Waals surface area contributed by atoms with Crippen LogP contribution < -0.4 is 5.32 Å². The van der Waals surface area contributed by atoms with Crippen LogP contribution >= 0.6 is 0 Å². The smallest absolute Gasteiger partial charge is 0.0730 e. The third-order valence-corrected chi connectivity index (χ3v) is 3.90. The van der Waals surface area contributed by atoms with Crippen molar-refractivity contribution >= 4 is 0 Å². The minimum atomic E-state index is 0.234. The van der Waals surface area contributed by atoms with Crippen LogP contribution in [0.4, 0.5) is 0 Å². The summed E-state index contributed by atoms with van der Waals surface area (Å²) < 4.78 is 5.90. The van der Waals surface area contributed by atoms with Crippen molar-refractivity contribution in [2.45, 2.75) is 64.1 Å². The second-order valence-corrected chi connectivity index (χ2v) is 6.47. The Morgan fingerprint density at radius 1 is 1.24 bits per heavy atom. The summed E-state index contributed by atoms with van der Waals surface area (Å²) in [6.07, 6.45) is 5.86. The third kappa shape index (κ3) is 3.94. The van der Waals surface area contributed by atoms with Crippen LogP contribution in [0.25, 0.3) is 0 Å². The van der Waals surface area contributed by atoms with E-state index in [1.165, 1.54) is 32.2 Å².